The molecule has 1 aromatic carbocycles. The molecule has 1 aromatic heterocycles. The summed E-state index contributed by atoms with van der Waals surface area (Å²) in [6, 6.07) is 10.8. The van der Waals surface area contributed by atoms with Crippen molar-refractivity contribution in [1.29, 1.82) is 0 Å². The van der Waals surface area contributed by atoms with Gasteiger partial charge in [0.15, 0.2) is 0 Å². The zero-order valence-corrected chi connectivity index (χ0v) is 19.1. The summed E-state index contributed by atoms with van der Waals surface area (Å²) in [5.41, 5.74) is 4.26. The number of piperidine rings is 1. The Balaban J connectivity index is 1.14. The fraction of sp³-hybridized carbons (Fsp3) is 0.615. The maximum Gasteiger partial charge on any atom is 0.223 e. The average Bonchev–Trinajstić information content (AvgIpc) is 3.10. The second-order valence-electron chi connectivity index (χ2n) is 10.4. The molecule has 3 fully saturated rings. The summed E-state index contributed by atoms with van der Waals surface area (Å²) >= 11 is 0. The number of nitrogens with zero attached hydrogens (tertiary/aromatic N) is 3. The normalized spacial score (nSPS) is 24.4. The first kappa shape index (κ1) is 20.7. The van der Waals surface area contributed by atoms with Crippen molar-refractivity contribution < 1.29 is 4.79 Å². The van der Waals surface area contributed by atoms with Crippen LogP contribution in [0.5, 0.6) is 0 Å². The predicted octanol–water partition coefficient (Wildman–Crippen LogP) is 3.96. The van der Waals surface area contributed by atoms with E-state index in [1.54, 1.807) is 0 Å². The molecule has 31 heavy (non-hydrogen) atoms. The molecular formula is C26H36N4O. The predicted molar refractivity (Wildman–Crippen MR) is 123 cm³/mol. The van der Waals surface area contributed by atoms with Gasteiger partial charge in [0, 0.05) is 43.2 Å². The van der Waals surface area contributed by atoms with E-state index in [2.05, 4.69) is 58.8 Å². The molecule has 3 aliphatic rings. The molecule has 0 radical (unpaired) electrons. The van der Waals surface area contributed by atoms with Crippen molar-refractivity contribution in [3.8, 4) is 0 Å². The summed E-state index contributed by atoms with van der Waals surface area (Å²) in [5.74, 6) is 0.530. The molecular weight excluding hydrogens is 384 g/mol. The van der Waals surface area contributed by atoms with E-state index < -0.39 is 0 Å². The largest absolute Gasteiger partial charge is 0.355 e. The first-order valence-corrected chi connectivity index (χ1v) is 12.0. The average molecular weight is 421 g/mol. The van der Waals surface area contributed by atoms with E-state index in [9.17, 15) is 4.79 Å². The van der Waals surface area contributed by atoms with Crippen LogP contribution in [0.25, 0.3) is 0 Å². The maximum atomic E-state index is 13.1. The Labute approximate surface area is 186 Å². The van der Waals surface area contributed by atoms with Crippen molar-refractivity contribution in [3.63, 3.8) is 0 Å². The van der Waals surface area contributed by atoms with Crippen LogP contribution >= 0.6 is 0 Å². The van der Waals surface area contributed by atoms with E-state index in [4.69, 9.17) is 0 Å². The number of rotatable bonds is 6. The third-order valence-corrected chi connectivity index (χ3v) is 8.41. The molecule has 5 rings (SSSR count). The first-order valence-electron chi connectivity index (χ1n) is 12.0. The highest BCUT2D eigenvalue weighted by Gasteiger charge is 2.58. The Hall–Kier alpha value is -2.14. The molecule has 2 heterocycles. The molecule has 1 aliphatic heterocycles. The topological polar surface area (TPSA) is 50.2 Å². The van der Waals surface area contributed by atoms with Gasteiger partial charge in [-0.05, 0) is 63.1 Å². The molecule has 2 aliphatic carbocycles. The number of hydrogen-bond acceptors (Lipinski definition) is 3. The SMILES string of the molecule is Cc1nn(C)cc1CN1CCC2(CC1)CC2C(=O)NCC1(c2ccccc2)CCCC1. The van der Waals surface area contributed by atoms with Crippen molar-refractivity contribution >= 4 is 5.91 Å². The third kappa shape index (κ3) is 4.05. The van der Waals surface area contributed by atoms with E-state index in [1.165, 1.54) is 36.8 Å². The number of aromatic nitrogens is 2. The Kier molecular flexibility index (Phi) is 5.41. The van der Waals surface area contributed by atoms with Gasteiger partial charge in [0.1, 0.15) is 0 Å². The number of amides is 1. The molecule has 5 heteroatoms. The van der Waals surface area contributed by atoms with Crippen molar-refractivity contribution in [1.82, 2.24) is 20.0 Å². The zero-order chi connectivity index (χ0) is 21.5. The van der Waals surface area contributed by atoms with E-state index in [-0.39, 0.29) is 16.7 Å². The van der Waals surface area contributed by atoms with Gasteiger partial charge in [-0.15, -0.1) is 0 Å². The van der Waals surface area contributed by atoms with E-state index in [1.807, 2.05) is 11.7 Å². The highest BCUT2D eigenvalue weighted by Crippen LogP contribution is 2.59. The highest BCUT2D eigenvalue weighted by atomic mass is 16.2. The first-order chi connectivity index (χ1) is 15.0. The molecule has 2 saturated carbocycles. The summed E-state index contributed by atoms with van der Waals surface area (Å²) in [4.78, 5) is 15.6. The van der Waals surface area contributed by atoms with Crippen LogP contribution in [-0.4, -0.2) is 40.2 Å². The van der Waals surface area contributed by atoms with Crippen LogP contribution < -0.4 is 5.32 Å². The van der Waals surface area contributed by atoms with Crippen LogP contribution in [0.3, 0.4) is 0 Å². The molecule has 1 amide bonds. The molecule has 1 spiro atoms. The van der Waals surface area contributed by atoms with Crippen LogP contribution in [-0.2, 0) is 23.8 Å². The number of likely N-dealkylation sites (tertiary alicyclic amines) is 1. The highest BCUT2D eigenvalue weighted by molar-refractivity contribution is 5.82. The quantitative estimate of drug-likeness (QED) is 0.770. The summed E-state index contributed by atoms with van der Waals surface area (Å²) in [6.07, 6.45) is 10.4. The molecule has 1 N–H and O–H groups in total. The van der Waals surface area contributed by atoms with Crippen LogP contribution in [0.1, 0.15) is 61.8 Å². The van der Waals surface area contributed by atoms with Crippen molar-refractivity contribution in [2.75, 3.05) is 19.6 Å². The lowest BCUT2D eigenvalue weighted by Gasteiger charge is -2.33. The third-order valence-electron chi connectivity index (χ3n) is 8.41. The lowest BCUT2D eigenvalue weighted by Crippen LogP contribution is -2.41. The van der Waals surface area contributed by atoms with Crippen molar-refractivity contribution in [2.45, 2.75) is 63.8 Å². The Morgan fingerprint density at radius 1 is 1.13 bits per heavy atom. The Bertz CT molecular complexity index is 920. The molecule has 5 nitrogen and oxygen atoms in total. The fourth-order valence-corrected chi connectivity index (χ4v) is 6.26. The maximum absolute atomic E-state index is 13.1. The number of carbonyl (C=O) groups is 1. The van der Waals surface area contributed by atoms with E-state index >= 15 is 0 Å². The number of benzene rings is 1. The minimum absolute atomic E-state index is 0.143. The van der Waals surface area contributed by atoms with Gasteiger partial charge in [-0.25, -0.2) is 0 Å². The van der Waals surface area contributed by atoms with Crippen LogP contribution in [0, 0.1) is 18.3 Å². The van der Waals surface area contributed by atoms with Crippen LogP contribution in [0.15, 0.2) is 36.5 Å². The lowest BCUT2D eigenvalue weighted by molar-refractivity contribution is -0.123. The van der Waals surface area contributed by atoms with Crippen molar-refractivity contribution in [3.05, 3.63) is 53.3 Å². The smallest absolute Gasteiger partial charge is 0.223 e. The fourth-order valence-electron chi connectivity index (χ4n) is 6.26. The molecule has 166 valence electrons. The van der Waals surface area contributed by atoms with Gasteiger partial charge in [0.2, 0.25) is 5.91 Å². The van der Waals surface area contributed by atoms with Gasteiger partial charge < -0.3 is 5.32 Å². The number of carbonyl (C=O) groups excluding carboxylic acids is 1. The summed E-state index contributed by atoms with van der Waals surface area (Å²) < 4.78 is 1.91. The molecule has 1 saturated heterocycles. The van der Waals surface area contributed by atoms with E-state index in [0.717, 1.165) is 51.1 Å². The standard InChI is InChI=1S/C26H36N4O/c1-20-21(17-29(2)28-20)18-30-14-12-25(13-15-30)16-23(25)24(31)27-19-26(10-6-7-11-26)22-8-4-3-5-9-22/h3-5,8-9,17,23H,6-7,10-16,18-19H2,1-2H3,(H,27,31). The van der Waals surface area contributed by atoms with Gasteiger partial charge in [0.05, 0.1) is 5.69 Å². The summed E-state index contributed by atoms with van der Waals surface area (Å²) in [5, 5.41) is 7.87. The van der Waals surface area contributed by atoms with Gasteiger partial charge >= 0.3 is 0 Å². The Morgan fingerprint density at radius 2 is 1.84 bits per heavy atom. The van der Waals surface area contributed by atoms with Gasteiger partial charge in [-0.3, -0.25) is 14.4 Å². The number of nitrogens with one attached hydrogen (secondary N) is 1. The number of hydrogen-bond donors (Lipinski definition) is 1. The zero-order valence-electron chi connectivity index (χ0n) is 19.1. The molecule has 1 unspecified atom stereocenters. The molecule has 1 atom stereocenters. The van der Waals surface area contributed by atoms with Crippen molar-refractivity contribution in [2.24, 2.45) is 18.4 Å². The summed E-state index contributed by atoms with van der Waals surface area (Å²) in [6.45, 7) is 6.05. The monoisotopic (exact) mass is 420 g/mol. The lowest BCUT2D eigenvalue weighted by atomic mass is 9.78. The van der Waals surface area contributed by atoms with Crippen LogP contribution in [0.4, 0.5) is 0 Å². The van der Waals surface area contributed by atoms with Gasteiger partial charge in [0.25, 0.3) is 0 Å². The summed E-state index contributed by atoms with van der Waals surface area (Å²) in [7, 11) is 1.99. The van der Waals surface area contributed by atoms with Gasteiger partial charge in [-0.2, -0.15) is 5.10 Å². The number of aryl methyl sites for hydroxylation is 2. The second-order valence-corrected chi connectivity index (χ2v) is 10.4. The van der Waals surface area contributed by atoms with Crippen LogP contribution in [0.2, 0.25) is 0 Å². The Morgan fingerprint density at radius 3 is 2.48 bits per heavy atom. The van der Waals surface area contributed by atoms with Gasteiger partial charge in [-0.1, -0.05) is 43.2 Å². The van der Waals surface area contributed by atoms with E-state index in [0.29, 0.717) is 5.91 Å². The molecule has 2 aromatic rings. The minimum Gasteiger partial charge on any atom is -0.355 e. The minimum atomic E-state index is 0.143. The second kappa shape index (κ2) is 8.09. The molecule has 0 bridgehead atoms.